The van der Waals surface area contributed by atoms with Crippen molar-refractivity contribution in [2.45, 2.75) is 26.9 Å². The van der Waals surface area contributed by atoms with Crippen LogP contribution in [0.4, 0.5) is 0 Å². The van der Waals surface area contributed by atoms with Crippen molar-refractivity contribution in [1.82, 2.24) is 10.9 Å². The minimum Gasteiger partial charge on any atom is -0.497 e. The molecule has 0 saturated heterocycles. The molecular weight excluding hydrogens is 372 g/mol. The Morgan fingerprint density at radius 1 is 1.00 bits per heavy atom. The first kappa shape index (κ1) is 21.8. The fourth-order valence-corrected chi connectivity index (χ4v) is 2.46. The van der Waals surface area contributed by atoms with Gasteiger partial charge in [-0.1, -0.05) is 12.1 Å². The van der Waals surface area contributed by atoms with Crippen molar-refractivity contribution in [1.29, 1.82) is 0 Å². The average molecular weight is 398 g/mol. The first-order valence-corrected chi connectivity index (χ1v) is 9.08. The SMILES string of the molecule is COc1cc(/C=C/C(=O)NNC(=O)[C@H](C)Oc2cccc(C)c2C)cc(OC)c1. The molecule has 2 N–H and O–H groups in total. The molecule has 0 spiro atoms. The highest BCUT2D eigenvalue weighted by atomic mass is 16.5. The summed E-state index contributed by atoms with van der Waals surface area (Å²) in [6.45, 7) is 5.51. The average Bonchev–Trinajstić information content (AvgIpc) is 2.73. The molecule has 154 valence electrons. The second kappa shape index (κ2) is 10.2. The summed E-state index contributed by atoms with van der Waals surface area (Å²) < 4.78 is 16.1. The van der Waals surface area contributed by atoms with Gasteiger partial charge in [0, 0.05) is 12.1 Å². The third-order valence-electron chi connectivity index (χ3n) is 4.34. The molecule has 0 radical (unpaired) electrons. The number of rotatable bonds is 7. The Hall–Kier alpha value is -3.48. The Morgan fingerprint density at radius 2 is 1.66 bits per heavy atom. The first-order valence-electron chi connectivity index (χ1n) is 9.08. The second-order valence-electron chi connectivity index (χ2n) is 6.42. The molecule has 7 heteroatoms. The summed E-state index contributed by atoms with van der Waals surface area (Å²) in [7, 11) is 3.10. The van der Waals surface area contributed by atoms with Gasteiger partial charge < -0.3 is 14.2 Å². The van der Waals surface area contributed by atoms with E-state index in [4.69, 9.17) is 14.2 Å². The largest absolute Gasteiger partial charge is 0.497 e. The summed E-state index contributed by atoms with van der Waals surface area (Å²) in [4.78, 5) is 24.2. The number of aryl methyl sites for hydroxylation is 1. The van der Waals surface area contributed by atoms with Crippen molar-refractivity contribution in [3.63, 3.8) is 0 Å². The van der Waals surface area contributed by atoms with Crippen molar-refractivity contribution >= 4 is 17.9 Å². The van der Waals surface area contributed by atoms with Crippen molar-refractivity contribution < 1.29 is 23.8 Å². The zero-order valence-corrected chi connectivity index (χ0v) is 17.2. The topological polar surface area (TPSA) is 85.9 Å². The van der Waals surface area contributed by atoms with Gasteiger partial charge in [0.1, 0.15) is 17.2 Å². The lowest BCUT2D eigenvalue weighted by Gasteiger charge is -2.17. The number of ether oxygens (including phenoxy) is 3. The van der Waals surface area contributed by atoms with Crippen LogP contribution in [0.15, 0.2) is 42.5 Å². The van der Waals surface area contributed by atoms with Gasteiger partial charge in [-0.25, -0.2) is 0 Å². The summed E-state index contributed by atoms with van der Waals surface area (Å²) in [5, 5.41) is 0. The second-order valence-corrected chi connectivity index (χ2v) is 6.42. The highest BCUT2D eigenvalue weighted by Crippen LogP contribution is 2.23. The van der Waals surface area contributed by atoms with Crippen LogP contribution in [0, 0.1) is 13.8 Å². The molecule has 0 aromatic heterocycles. The zero-order valence-electron chi connectivity index (χ0n) is 17.2. The molecule has 2 aromatic rings. The molecule has 0 aliphatic carbocycles. The molecule has 0 fully saturated rings. The van der Waals surface area contributed by atoms with E-state index in [9.17, 15) is 9.59 Å². The highest BCUT2D eigenvalue weighted by Gasteiger charge is 2.16. The third kappa shape index (κ3) is 6.27. The van der Waals surface area contributed by atoms with Gasteiger partial charge in [0.2, 0.25) is 0 Å². The van der Waals surface area contributed by atoms with E-state index in [1.54, 1.807) is 51.5 Å². The molecule has 0 aliphatic heterocycles. The van der Waals surface area contributed by atoms with Gasteiger partial charge in [-0.05, 0) is 61.7 Å². The van der Waals surface area contributed by atoms with Crippen LogP contribution in [0.25, 0.3) is 6.08 Å². The number of carbonyl (C=O) groups is 2. The van der Waals surface area contributed by atoms with Crippen molar-refractivity contribution in [2.24, 2.45) is 0 Å². The van der Waals surface area contributed by atoms with Gasteiger partial charge in [0.15, 0.2) is 6.10 Å². The summed E-state index contributed by atoms with van der Waals surface area (Å²) in [6, 6.07) is 10.9. The molecule has 0 heterocycles. The number of hydrazine groups is 1. The van der Waals surface area contributed by atoms with Gasteiger partial charge in [-0.2, -0.15) is 0 Å². The van der Waals surface area contributed by atoms with Crippen molar-refractivity contribution in [2.75, 3.05) is 14.2 Å². The number of carbonyl (C=O) groups excluding carboxylic acids is 2. The van der Waals surface area contributed by atoms with Gasteiger partial charge in [0.05, 0.1) is 14.2 Å². The minimum atomic E-state index is -0.776. The van der Waals surface area contributed by atoms with E-state index in [2.05, 4.69) is 10.9 Å². The number of hydrogen-bond donors (Lipinski definition) is 2. The molecule has 1 atom stereocenters. The van der Waals surface area contributed by atoms with E-state index in [0.717, 1.165) is 11.1 Å². The third-order valence-corrected chi connectivity index (χ3v) is 4.34. The molecule has 29 heavy (non-hydrogen) atoms. The van der Waals surface area contributed by atoms with Crippen LogP contribution in [-0.2, 0) is 9.59 Å². The number of methoxy groups -OCH3 is 2. The maximum atomic E-state index is 12.2. The van der Waals surface area contributed by atoms with E-state index in [-0.39, 0.29) is 0 Å². The predicted octanol–water partition coefficient (Wildman–Crippen LogP) is 2.95. The van der Waals surface area contributed by atoms with Crippen LogP contribution < -0.4 is 25.1 Å². The van der Waals surface area contributed by atoms with Crippen LogP contribution in [0.1, 0.15) is 23.6 Å². The fraction of sp³-hybridized carbons (Fsp3) is 0.273. The van der Waals surface area contributed by atoms with Crippen LogP contribution in [-0.4, -0.2) is 32.1 Å². The monoisotopic (exact) mass is 398 g/mol. The summed E-state index contributed by atoms with van der Waals surface area (Å²) in [6.07, 6.45) is 2.11. The molecule has 0 saturated carbocycles. The predicted molar refractivity (Wildman–Crippen MR) is 111 cm³/mol. The maximum Gasteiger partial charge on any atom is 0.279 e. The number of hydrogen-bond acceptors (Lipinski definition) is 5. The Labute approximate surface area is 170 Å². The van der Waals surface area contributed by atoms with Crippen LogP contribution >= 0.6 is 0 Å². The molecular formula is C22H26N2O5. The summed E-state index contributed by atoms with van der Waals surface area (Å²) in [5.41, 5.74) is 7.44. The molecule has 2 aromatic carbocycles. The van der Waals surface area contributed by atoms with E-state index < -0.39 is 17.9 Å². The highest BCUT2D eigenvalue weighted by molar-refractivity contribution is 5.93. The number of amides is 2. The molecule has 0 aliphatic rings. The Kier molecular flexibility index (Phi) is 7.65. The lowest BCUT2D eigenvalue weighted by molar-refractivity contribution is -0.131. The van der Waals surface area contributed by atoms with Gasteiger partial charge in [0.25, 0.3) is 11.8 Å². The molecule has 0 unspecified atom stereocenters. The Balaban J connectivity index is 1.90. The van der Waals surface area contributed by atoms with Crippen LogP contribution in [0.5, 0.6) is 17.2 Å². The lowest BCUT2D eigenvalue weighted by atomic mass is 10.1. The van der Waals surface area contributed by atoms with Crippen LogP contribution in [0.2, 0.25) is 0 Å². The first-order chi connectivity index (χ1) is 13.8. The lowest BCUT2D eigenvalue weighted by Crippen LogP contribution is -2.46. The van der Waals surface area contributed by atoms with E-state index in [1.165, 1.54) is 6.08 Å². The van der Waals surface area contributed by atoms with E-state index in [1.807, 2.05) is 26.0 Å². The molecule has 2 amide bonds. The van der Waals surface area contributed by atoms with Gasteiger partial charge >= 0.3 is 0 Å². The summed E-state index contributed by atoms with van der Waals surface area (Å²) >= 11 is 0. The Morgan fingerprint density at radius 3 is 2.28 bits per heavy atom. The standard InChI is InChI=1S/C22H26N2O5/c1-14-7-6-8-20(15(14)2)29-16(3)22(26)24-23-21(25)10-9-17-11-18(27-4)13-19(12-17)28-5/h6-13,16H,1-5H3,(H,23,25)(H,24,26)/b10-9+/t16-/m0/s1. The van der Waals surface area contributed by atoms with E-state index in [0.29, 0.717) is 22.8 Å². The quantitative estimate of drug-likeness (QED) is 0.553. The fourth-order valence-electron chi connectivity index (χ4n) is 2.46. The number of nitrogens with one attached hydrogen (secondary N) is 2. The smallest absolute Gasteiger partial charge is 0.279 e. The van der Waals surface area contributed by atoms with Gasteiger partial charge in [-0.3, -0.25) is 20.4 Å². The minimum absolute atomic E-state index is 0.462. The van der Waals surface area contributed by atoms with Crippen LogP contribution in [0.3, 0.4) is 0 Å². The van der Waals surface area contributed by atoms with Crippen molar-refractivity contribution in [3.8, 4) is 17.2 Å². The normalized spacial score (nSPS) is 11.6. The molecule has 0 bridgehead atoms. The summed E-state index contributed by atoms with van der Waals surface area (Å²) in [5.74, 6) is 0.894. The molecule has 7 nitrogen and oxygen atoms in total. The maximum absolute atomic E-state index is 12.2. The van der Waals surface area contributed by atoms with Crippen molar-refractivity contribution in [3.05, 3.63) is 59.2 Å². The Bertz CT molecular complexity index is 886. The molecule has 2 rings (SSSR count). The van der Waals surface area contributed by atoms with Gasteiger partial charge in [-0.15, -0.1) is 0 Å². The number of benzene rings is 2. The van der Waals surface area contributed by atoms with E-state index >= 15 is 0 Å². The zero-order chi connectivity index (χ0) is 21.4.